The molecule has 29 heavy (non-hydrogen) atoms. The lowest BCUT2D eigenvalue weighted by Gasteiger charge is -2.29. The zero-order valence-electron chi connectivity index (χ0n) is 17.3. The molecule has 6 nitrogen and oxygen atoms in total. The second kappa shape index (κ2) is 9.08. The van der Waals surface area contributed by atoms with Gasteiger partial charge in [-0.05, 0) is 69.7 Å². The number of carbonyl (C=O) groups is 1. The molecule has 1 atom stereocenters. The van der Waals surface area contributed by atoms with Gasteiger partial charge >= 0.3 is 0 Å². The average molecular weight is 397 g/mol. The Morgan fingerprint density at radius 1 is 1.17 bits per heavy atom. The zero-order chi connectivity index (χ0) is 20.2. The van der Waals surface area contributed by atoms with Crippen molar-refractivity contribution in [1.29, 1.82) is 0 Å². The fourth-order valence-electron chi connectivity index (χ4n) is 5.03. The number of rotatable bonds is 6. The average Bonchev–Trinajstić information content (AvgIpc) is 3.22. The van der Waals surface area contributed by atoms with Gasteiger partial charge in [-0.3, -0.25) is 19.1 Å². The lowest BCUT2D eigenvalue weighted by Crippen LogP contribution is -2.42. The molecule has 2 heterocycles. The third-order valence-corrected chi connectivity index (χ3v) is 6.82. The summed E-state index contributed by atoms with van der Waals surface area (Å²) >= 11 is 0. The number of likely N-dealkylation sites (N-methyl/N-ethyl adjacent to an activating group) is 1. The summed E-state index contributed by atoms with van der Waals surface area (Å²) in [6.07, 6.45) is 7.90. The van der Waals surface area contributed by atoms with Crippen LogP contribution in [0.25, 0.3) is 10.9 Å². The lowest BCUT2D eigenvalue weighted by molar-refractivity contribution is -0.126. The second-order valence-electron chi connectivity index (χ2n) is 8.61. The van der Waals surface area contributed by atoms with Crippen LogP contribution >= 0.6 is 0 Å². The van der Waals surface area contributed by atoms with E-state index in [0.717, 1.165) is 50.8 Å². The van der Waals surface area contributed by atoms with Crippen molar-refractivity contribution in [3.8, 4) is 0 Å². The van der Waals surface area contributed by atoms with Crippen molar-refractivity contribution in [2.75, 3.05) is 19.6 Å². The molecule has 2 aromatic rings. The van der Waals surface area contributed by atoms with Crippen molar-refractivity contribution >= 4 is 16.8 Å². The van der Waals surface area contributed by atoms with Crippen molar-refractivity contribution in [2.45, 2.75) is 58.0 Å². The molecule has 1 aliphatic carbocycles. The SMILES string of the molecule is CCN1CCC[C@H]1CNC(=O)C1CCC(Cn2cnc3ccccc3c2=O)CC1. The van der Waals surface area contributed by atoms with E-state index in [4.69, 9.17) is 0 Å². The van der Waals surface area contributed by atoms with Gasteiger partial charge in [-0.2, -0.15) is 0 Å². The van der Waals surface area contributed by atoms with E-state index in [2.05, 4.69) is 22.1 Å². The normalized spacial score (nSPS) is 25.3. The molecule has 0 radical (unpaired) electrons. The van der Waals surface area contributed by atoms with Crippen LogP contribution in [0, 0.1) is 11.8 Å². The molecular formula is C23H32N4O2. The number of hydrogen-bond donors (Lipinski definition) is 1. The summed E-state index contributed by atoms with van der Waals surface area (Å²) in [4.78, 5) is 32.2. The van der Waals surface area contributed by atoms with Crippen molar-refractivity contribution in [2.24, 2.45) is 11.8 Å². The van der Waals surface area contributed by atoms with E-state index in [1.54, 1.807) is 10.9 Å². The molecule has 2 fully saturated rings. The molecule has 1 saturated carbocycles. The highest BCUT2D eigenvalue weighted by Gasteiger charge is 2.28. The molecule has 4 rings (SSSR count). The van der Waals surface area contributed by atoms with Crippen LogP contribution < -0.4 is 10.9 Å². The smallest absolute Gasteiger partial charge is 0.261 e. The predicted octanol–water partition coefficient (Wildman–Crippen LogP) is 2.80. The fraction of sp³-hybridized carbons (Fsp3) is 0.609. The monoisotopic (exact) mass is 396 g/mol. The molecule has 0 bridgehead atoms. The molecule has 6 heteroatoms. The van der Waals surface area contributed by atoms with Crippen LogP contribution in [0.2, 0.25) is 0 Å². The van der Waals surface area contributed by atoms with Crippen LogP contribution in [-0.2, 0) is 11.3 Å². The van der Waals surface area contributed by atoms with Gasteiger partial charge in [0.1, 0.15) is 0 Å². The van der Waals surface area contributed by atoms with Gasteiger partial charge in [-0.15, -0.1) is 0 Å². The minimum atomic E-state index is 0.0347. The lowest BCUT2D eigenvalue weighted by atomic mass is 9.81. The third-order valence-electron chi connectivity index (χ3n) is 6.82. The van der Waals surface area contributed by atoms with Crippen molar-refractivity contribution in [1.82, 2.24) is 19.8 Å². The van der Waals surface area contributed by atoms with Crippen LogP contribution in [0.3, 0.4) is 0 Å². The van der Waals surface area contributed by atoms with E-state index in [1.807, 2.05) is 24.3 Å². The molecule has 1 aromatic heterocycles. The number of hydrogen-bond acceptors (Lipinski definition) is 4. The number of likely N-dealkylation sites (tertiary alicyclic amines) is 1. The Labute approximate surface area is 172 Å². The van der Waals surface area contributed by atoms with Crippen molar-refractivity contribution in [3.63, 3.8) is 0 Å². The maximum absolute atomic E-state index is 12.7. The maximum Gasteiger partial charge on any atom is 0.261 e. The molecule has 1 saturated heterocycles. The minimum absolute atomic E-state index is 0.0347. The summed E-state index contributed by atoms with van der Waals surface area (Å²) in [5.74, 6) is 0.773. The number of benzene rings is 1. The van der Waals surface area contributed by atoms with Crippen molar-refractivity contribution in [3.05, 3.63) is 40.9 Å². The highest BCUT2D eigenvalue weighted by molar-refractivity contribution is 5.78. The van der Waals surface area contributed by atoms with Gasteiger partial charge in [0.25, 0.3) is 5.56 Å². The van der Waals surface area contributed by atoms with Gasteiger partial charge in [0.15, 0.2) is 0 Å². The largest absolute Gasteiger partial charge is 0.354 e. The zero-order valence-corrected chi connectivity index (χ0v) is 17.3. The van der Waals surface area contributed by atoms with Crippen LogP contribution in [0.15, 0.2) is 35.4 Å². The van der Waals surface area contributed by atoms with Crippen molar-refractivity contribution < 1.29 is 4.79 Å². The molecular weight excluding hydrogens is 364 g/mol. The Kier molecular flexibility index (Phi) is 6.28. The molecule has 156 valence electrons. The molecule has 0 unspecified atom stereocenters. The summed E-state index contributed by atoms with van der Waals surface area (Å²) in [5, 5.41) is 3.88. The number of para-hydroxylation sites is 1. The van der Waals surface area contributed by atoms with Crippen LogP contribution in [0.4, 0.5) is 0 Å². The summed E-state index contributed by atoms with van der Waals surface area (Å²) in [5.41, 5.74) is 0.783. The number of nitrogens with zero attached hydrogens (tertiary/aromatic N) is 3. The molecule has 1 N–H and O–H groups in total. The van der Waals surface area contributed by atoms with Gasteiger partial charge in [-0.25, -0.2) is 4.98 Å². The predicted molar refractivity (Wildman–Crippen MR) is 115 cm³/mol. The Morgan fingerprint density at radius 3 is 2.76 bits per heavy atom. The van der Waals surface area contributed by atoms with E-state index in [1.165, 1.54) is 12.8 Å². The number of aromatic nitrogens is 2. The number of nitrogens with one attached hydrogen (secondary N) is 1. The maximum atomic E-state index is 12.7. The molecule has 1 aliphatic heterocycles. The Morgan fingerprint density at radius 2 is 1.97 bits per heavy atom. The van der Waals surface area contributed by atoms with Gasteiger partial charge in [0.2, 0.25) is 5.91 Å². The van der Waals surface area contributed by atoms with Crippen LogP contribution in [-0.4, -0.2) is 46.0 Å². The van der Waals surface area contributed by atoms with Gasteiger partial charge in [0.05, 0.1) is 17.2 Å². The van der Waals surface area contributed by atoms with Crippen LogP contribution in [0.1, 0.15) is 45.4 Å². The third kappa shape index (κ3) is 4.53. The highest BCUT2D eigenvalue weighted by atomic mass is 16.2. The van der Waals surface area contributed by atoms with Gasteiger partial charge < -0.3 is 5.32 Å². The number of fused-ring (bicyclic) bond motifs is 1. The Hall–Kier alpha value is -2.21. The van der Waals surface area contributed by atoms with E-state index in [0.29, 0.717) is 23.9 Å². The first-order valence-corrected chi connectivity index (χ1v) is 11.1. The summed E-state index contributed by atoms with van der Waals surface area (Å²) < 4.78 is 1.74. The topological polar surface area (TPSA) is 67.2 Å². The minimum Gasteiger partial charge on any atom is -0.354 e. The van der Waals surface area contributed by atoms with E-state index in [9.17, 15) is 9.59 Å². The van der Waals surface area contributed by atoms with E-state index in [-0.39, 0.29) is 17.4 Å². The summed E-state index contributed by atoms with van der Waals surface area (Å²) in [6, 6.07) is 8.00. The van der Waals surface area contributed by atoms with Crippen LogP contribution in [0.5, 0.6) is 0 Å². The second-order valence-corrected chi connectivity index (χ2v) is 8.61. The summed E-state index contributed by atoms with van der Waals surface area (Å²) in [7, 11) is 0. The Balaban J connectivity index is 1.28. The quantitative estimate of drug-likeness (QED) is 0.815. The first-order chi connectivity index (χ1) is 14.2. The van der Waals surface area contributed by atoms with E-state index < -0.39 is 0 Å². The first kappa shape index (κ1) is 20.1. The van der Waals surface area contributed by atoms with E-state index >= 15 is 0 Å². The summed E-state index contributed by atoms with van der Waals surface area (Å²) in [6.45, 7) is 5.89. The fourth-order valence-corrected chi connectivity index (χ4v) is 5.03. The van der Waals surface area contributed by atoms with Gasteiger partial charge in [0, 0.05) is 25.0 Å². The molecule has 0 spiro atoms. The molecule has 1 amide bonds. The Bertz CT molecular complexity index is 901. The van der Waals surface area contributed by atoms with Gasteiger partial charge in [-0.1, -0.05) is 19.1 Å². The molecule has 2 aliphatic rings. The highest BCUT2D eigenvalue weighted by Crippen LogP contribution is 2.30. The standard InChI is InChI=1S/C23H32N4O2/c1-2-26-13-5-6-19(26)14-24-22(28)18-11-9-17(10-12-18)15-27-16-25-21-8-4-3-7-20(21)23(27)29/h3-4,7-8,16-19H,2,5-6,9-15H2,1H3,(H,24,28)/t17?,18?,19-/m0/s1. The number of amides is 1. The first-order valence-electron chi connectivity index (χ1n) is 11.1. The molecule has 1 aromatic carbocycles. The number of carbonyl (C=O) groups excluding carboxylic acids is 1.